The number of likely N-dealkylation sites (tertiary alicyclic amines) is 1. The molecule has 7 heteroatoms. The quantitative estimate of drug-likeness (QED) is 0.895. The van der Waals surface area contributed by atoms with Crippen molar-refractivity contribution in [2.24, 2.45) is 0 Å². The van der Waals surface area contributed by atoms with Gasteiger partial charge in [0.2, 0.25) is 10.0 Å². The van der Waals surface area contributed by atoms with Gasteiger partial charge in [0.05, 0.1) is 4.90 Å². The Bertz CT molecular complexity index is 627. The molecule has 2 rings (SSSR count). The van der Waals surface area contributed by atoms with Gasteiger partial charge in [-0.2, -0.15) is 0 Å². The summed E-state index contributed by atoms with van der Waals surface area (Å²) in [5.74, 6) is 0. The summed E-state index contributed by atoms with van der Waals surface area (Å²) in [4.78, 5) is 13.9. The molecule has 0 spiro atoms. The van der Waals surface area contributed by atoms with Crippen LogP contribution in [-0.4, -0.2) is 38.0 Å². The van der Waals surface area contributed by atoms with Crippen LogP contribution in [0.4, 0.5) is 10.5 Å². The standard InChI is InChI=1S/C15H23N3O3S/c1-15(2,3)17-22(20,21)13-8-6-12(7-9-13)16-14(19)18-10-4-5-11-18/h6-9,17H,4-5,10-11H2,1-3H3,(H,16,19). The number of amides is 2. The van der Waals surface area contributed by atoms with Crippen molar-refractivity contribution in [2.45, 2.75) is 44.0 Å². The number of nitrogens with zero attached hydrogens (tertiary/aromatic N) is 1. The van der Waals surface area contributed by atoms with E-state index in [4.69, 9.17) is 0 Å². The van der Waals surface area contributed by atoms with Gasteiger partial charge in [-0.25, -0.2) is 17.9 Å². The Balaban J connectivity index is 2.05. The first-order chi connectivity index (χ1) is 10.2. The molecule has 2 N–H and O–H groups in total. The maximum atomic E-state index is 12.2. The van der Waals surface area contributed by atoms with Crippen LogP contribution in [0.15, 0.2) is 29.2 Å². The van der Waals surface area contributed by atoms with Crippen molar-refractivity contribution in [1.29, 1.82) is 0 Å². The summed E-state index contributed by atoms with van der Waals surface area (Å²) in [5.41, 5.74) is 0.0492. The van der Waals surface area contributed by atoms with Crippen LogP contribution >= 0.6 is 0 Å². The topological polar surface area (TPSA) is 78.5 Å². The minimum atomic E-state index is -3.55. The van der Waals surface area contributed by atoms with Crippen molar-refractivity contribution < 1.29 is 13.2 Å². The van der Waals surface area contributed by atoms with E-state index in [1.807, 2.05) is 0 Å². The van der Waals surface area contributed by atoms with Crippen LogP contribution in [0.5, 0.6) is 0 Å². The van der Waals surface area contributed by atoms with Crippen LogP contribution in [0.25, 0.3) is 0 Å². The van der Waals surface area contributed by atoms with Gasteiger partial charge >= 0.3 is 6.03 Å². The number of nitrogens with one attached hydrogen (secondary N) is 2. The smallest absolute Gasteiger partial charge is 0.321 e. The second-order valence-corrected chi connectivity index (χ2v) is 8.19. The number of carbonyl (C=O) groups is 1. The predicted molar refractivity (Wildman–Crippen MR) is 86.3 cm³/mol. The highest BCUT2D eigenvalue weighted by Crippen LogP contribution is 2.17. The number of anilines is 1. The second-order valence-electron chi connectivity index (χ2n) is 6.50. The Morgan fingerprint density at radius 1 is 1.09 bits per heavy atom. The molecule has 0 saturated carbocycles. The molecule has 0 aromatic heterocycles. The third-order valence-electron chi connectivity index (χ3n) is 3.25. The van der Waals surface area contributed by atoms with E-state index < -0.39 is 15.6 Å². The summed E-state index contributed by atoms with van der Waals surface area (Å²) >= 11 is 0. The third kappa shape index (κ3) is 4.45. The molecule has 6 nitrogen and oxygen atoms in total. The molecule has 1 heterocycles. The molecule has 1 aromatic carbocycles. The summed E-state index contributed by atoms with van der Waals surface area (Å²) in [6, 6.07) is 6.05. The molecule has 1 aliphatic rings. The van der Waals surface area contributed by atoms with Crippen LogP contribution in [0.3, 0.4) is 0 Å². The number of rotatable bonds is 3. The van der Waals surface area contributed by atoms with E-state index >= 15 is 0 Å². The number of hydrogen-bond acceptors (Lipinski definition) is 3. The van der Waals surface area contributed by atoms with Gasteiger partial charge in [0, 0.05) is 24.3 Å². The van der Waals surface area contributed by atoms with Gasteiger partial charge in [0.1, 0.15) is 0 Å². The van der Waals surface area contributed by atoms with Crippen molar-refractivity contribution >= 4 is 21.7 Å². The SMILES string of the molecule is CC(C)(C)NS(=O)(=O)c1ccc(NC(=O)N2CCCC2)cc1. The number of hydrogen-bond donors (Lipinski definition) is 2. The summed E-state index contributed by atoms with van der Waals surface area (Å²) in [6.07, 6.45) is 2.06. The first-order valence-corrected chi connectivity index (χ1v) is 8.86. The molecule has 0 radical (unpaired) electrons. The average molecular weight is 325 g/mol. The molecule has 2 amide bonds. The van der Waals surface area contributed by atoms with Gasteiger partial charge in [-0.1, -0.05) is 0 Å². The average Bonchev–Trinajstić information content (AvgIpc) is 2.90. The monoisotopic (exact) mass is 325 g/mol. The lowest BCUT2D eigenvalue weighted by atomic mass is 10.1. The number of benzene rings is 1. The van der Waals surface area contributed by atoms with Crippen molar-refractivity contribution in [1.82, 2.24) is 9.62 Å². The fourth-order valence-electron chi connectivity index (χ4n) is 2.30. The fourth-order valence-corrected chi connectivity index (χ4v) is 3.72. The van der Waals surface area contributed by atoms with Gasteiger partial charge < -0.3 is 10.2 Å². The zero-order valence-electron chi connectivity index (χ0n) is 13.2. The van der Waals surface area contributed by atoms with E-state index in [0.717, 1.165) is 25.9 Å². The van der Waals surface area contributed by atoms with Crippen molar-refractivity contribution in [2.75, 3.05) is 18.4 Å². The van der Waals surface area contributed by atoms with E-state index in [1.165, 1.54) is 12.1 Å². The summed E-state index contributed by atoms with van der Waals surface area (Å²) in [6.45, 7) is 6.90. The minimum absolute atomic E-state index is 0.138. The Labute approximate surface area is 131 Å². The van der Waals surface area contributed by atoms with E-state index in [-0.39, 0.29) is 10.9 Å². The zero-order chi connectivity index (χ0) is 16.4. The lowest BCUT2D eigenvalue weighted by Gasteiger charge is -2.20. The van der Waals surface area contributed by atoms with E-state index in [1.54, 1.807) is 37.8 Å². The van der Waals surface area contributed by atoms with Crippen LogP contribution in [0, 0.1) is 0 Å². The normalized spacial score (nSPS) is 15.9. The fraction of sp³-hybridized carbons (Fsp3) is 0.533. The van der Waals surface area contributed by atoms with Crippen molar-refractivity contribution in [3.8, 4) is 0 Å². The zero-order valence-corrected chi connectivity index (χ0v) is 14.0. The molecule has 0 bridgehead atoms. The minimum Gasteiger partial charge on any atom is -0.325 e. The lowest BCUT2D eigenvalue weighted by molar-refractivity contribution is 0.222. The molecule has 0 atom stereocenters. The van der Waals surface area contributed by atoms with Gasteiger partial charge in [-0.15, -0.1) is 0 Å². The van der Waals surface area contributed by atoms with Gasteiger partial charge in [0.15, 0.2) is 0 Å². The Morgan fingerprint density at radius 2 is 1.64 bits per heavy atom. The van der Waals surface area contributed by atoms with E-state index in [9.17, 15) is 13.2 Å². The molecule has 22 heavy (non-hydrogen) atoms. The molecule has 122 valence electrons. The molecule has 0 unspecified atom stereocenters. The van der Waals surface area contributed by atoms with Crippen LogP contribution in [0.2, 0.25) is 0 Å². The number of sulfonamides is 1. The summed E-state index contributed by atoms with van der Waals surface area (Å²) in [7, 11) is -3.55. The molecule has 0 aliphatic carbocycles. The molecule has 1 saturated heterocycles. The summed E-state index contributed by atoms with van der Waals surface area (Å²) in [5, 5.41) is 2.78. The van der Waals surface area contributed by atoms with Crippen molar-refractivity contribution in [3.63, 3.8) is 0 Å². The Morgan fingerprint density at radius 3 is 2.14 bits per heavy atom. The maximum Gasteiger partial charge on any atom is 0.321 e. The van der Waals surface area contributed by atoms with Crippen LogP contribution < -0.4 is 10.0 Å². The largest absolute Gasteiger partial charge is 0.325 e. The molecule has 1 aliphatic heterocycles. The second kappa shape index (κ2) is 6.26. The number of urea groups is 1. The Kier molecular flexibility index (Phi) is 4.77. The molecule has 1 aromatic rings. The first kappa shape index (κ1) is 16.8. The molecular formula is C15H23N3O3S. The Hall–Kier alpha value is -1.60. The van der Waals surface area contributed by atoms with Crippen LogP contribution in [0.1, 0.15) is 33.6 Å². The van der Waals surface area contributed by atoms with Gasteiger partial charge in [-0.05, 0) is 57.9 Å². The lowest BCUT2D eigenvalue weighted by Crippen LogP contribution is -2.40. The maximum absolute atomic E-state index is 12.2. The van der Waals surface area contributed by atoms with Gasteiger partial charge in [0.25, 0.3) is 0 Å². The molecular weight excluding hydrogens is 302 g/mol. The highest BCUT2D eigenvalue weighted by Gasteiger charge is 2.22. The van der Waals surface area contributed by atoms with Gasteiger partial charge in [-0.3, -0.25) is 0 Å². The van der Waals surface area contributed by atoms with Crippen LogP contribution in [-0.2, 0) is 10.0 Å². The first-order valence-electron chi connectivity index (χ1n) is 7.37. The third-order valence-corrected chi connectivity index (χ3v) is 5.02. The summed E-state index contributed by atoms with van der Waals surface area (Å²) < 4.78 is 27.0. The van der Waals surface area contributed by atoms with E-state index in [2.05, 4.69) is 10.0 Å². The van der Waals surface area contributed by atoms with E-state index in [0.29, 0.717) is 5.69 Å². The predicted octanol–water partition coefficient (Wildman–Crippen LogP) is 2.39. The number of carbonyl (C=O) groups excluding carboxylic acids is 1. The molecule has 1 fully saturated rings. The van der Waals surface area contributed by atoms with Crippen molar-refractivity contribution in [3.05, 3.63) is 24.3 Å². The highest BCUT2D eigenvalue weighted by molar-refractivity contribution is 7.89. The highest BCUT2D eigenvalue weighted by atomic mass is 32.2.